The molecule has 0 unspecified atom stereocenters. The van der Waals surface area contributed by atoms with Crippen molar-refractivity contribution in [2.45, 2.75) is 25.4 Å². The van der Waals surface area contributed by atoms with Crippen molar-refractivity contribution in [3.63, 3.8) is 0 Å². The molecular weight excluding hydrogens is 521 g/mol. The van der Waals surface area contributed by atoms with Crippen LogP contribution < -0.4 is 0 Å². The highest BCUT2D eigenvalue weighted by Crippen LogP contribution is 2.47. The molecule has 0 spiro atoms. The Bertz CT molecular complexity index is 1540. The number of pyridine rings is 1. The van der Waals surface area contributed by atoms with Crippen LogP contribution in [-0.4, -0.2) is 21.0 Å². The molecule has 0 bridgehead atoms. The number of carbonyl (C=O) groups is 1. The zero-order valence-electron chi connectivity index (χ0n) is 19.3. The number of alkyl halides is 3. The minimum Gasteiger partial charge on any atom is -0.478 e. The predicted octanol–water partition coefficient (Wildman–Crippen LogP) is 8.22. The van der Waals surface area contributed by atoms with E-state index in [4.69, 9.17) is 16.7 Å². The van der Waals surface area contributed by atoms with Crippen LogP contribution in [-0.2, 0) is 11.0 Å². The number of rotatable bonds is 6. The summed E-state index contributed by atoms with van der Waals surface area (Å²) in [7, 11) is 0. The van der Waals surface area contributed by atoms with E-state index in [0.717, 1.165) is 70.1 Å². The number of hydrogen-bond donors (Lipinski definition) is 1. The molecule has 2 aromatic heterocycles. The van der Waals surface area contributed by atoms with Gasteiger partial charge in [-0.3, -0.25) is 4.98 Å². The third-order valence-corrected chi connectivity index (χ3v) is 7.54. The number of aromatic nitrogens is 2. The van der Waals surface area contributed by atoms with Gasteiger partial charge in [-0.1, -0.05) is 48.4 Å². The van der Waals surface area contributed by atoms with Crippen LogP contribution in [0, 0.1) is 5.92 Å². The highest BCUT2D eigenvalue weighted by Gasteiger charge is 2.34. The molecule has 1 aliphatic rings. The van der Waals surface area contributed by atoms with E-state index in [1.54, 1.807) is 17.6 Å². The van der Waals surface area contributed by atoms with E-state index in [9.17, 15) is 18.0 Å². The zero-order chi connectivity index (χ0) is 26.2. The van der Waals surface area contributed by atoms with Crippen LogP contribution in [0.3, 0.4) is 0 Å². The standard InChI is InChI=1S/C28H20ClF3N2O2S/c29-21-13-20(28(30,31)32)14-33-27(21)26(17-2-1-3-17)25(19-9-10-23-22(12-19)34-15-37-23)18-7-4-16(5-8-18)6-11-24(35)36/h4-15,17H,1-3H2,(H,35,36)/b11-6+,26-25+. The van der Waals surface area contributed by atoms with Gasteiger partial charge in [0.2, 0.25) is 0 Å². The van der Waals surface area contributed by atoms with Crippen molar-refractivity contribution in [3.05, 3.63) is 99.3 Å². The Morgan fingerprint density at radius 3 is 2.41 bits per heavy atom. The number of carboxylic acids is 1. The third kappa shape index (κ3) is 5.31. The molecule has 9 heteroatoms. The van der Waals surface area contributed by atoms with E-state index >= 15 is 0 Å². The topological polar surface area (TPSA) is 63.1 Å². The molecule has 188 valence electrons. The molecule has 37 heavy (non-hydrogen) atoms. The molecular formula is C28H20ClF3N2O2S. The number of thiazole rings is 1. The van der Waals surface area contributed by atoms with E-state index in [1.807, 2.05) is 30.3 Å². The molecule has 0 radical (unpaired) electrons. The number of allylic oxidation sites excluding steroid dienone is 1. The summed E-state index contributed by atoms with van der Waals surface area (Å²) in [5.74, 6) is -0.967. The van der Waals surface area contributed by atoms with Gasteiger partial charge in [-0.15, -0.1) is 11.3 Å². The molecule has 5 rings (SSSR count). The van der Waals surface area contributed by atoms with Crippen LogP contribution in [0.2, 0.25) is 5.02 Å². The number of hydrogen-bond acceptors (Lipinski definition) is 4. The van der Waals surface area contributed by atoms with Crippen LogP contribution in [0.4, 0.5) is 13.2 Å². The SMILES string of the molecule is O=C(O)/C=C/c1ccc(/C(=C(\c2ncc(C(F)(F)F)cc2Cl)C2CCC2)c2ccc3scnc3c2)cc1. The molecule has 2 heterocycles. The Balaban J connectivity index is 1.74. The van der Waals surface area contributed by atoms with E-state index in [0.29, 0.717) is 11.3 Å². The number of fused-ring (bicyclic) bond motifs is 1. The summed E-state index contributed by atoms with van der Waals surface area (Å²) in [4.78, 5) is 19.6. The highest BCUT2D eigenvalue weighted by molar-refractivity contribution is 7.16. The Morgan fingerprint density at radius 2 is 1.78 bits per heavy atom. The molecule has 1 N–H and O–H groups in total. The van der Waals surface area contributed by atoms with Crippen molar-refractivity contribution in [2.75, 3.05) is 0 Å². The molecule has 0 amide bonds. The van der Waals surface area contributed by atoms with Crippen molar-refractivity contribution < 1.29 is 23.1 Å². The summed E-state index contributed by atoms with van der Waals surface area (Å²) in [6, 6.07) is 14.2. The quantitative estimate of drug-likeness (QED) is 0.250. The van der Waals surface area contributed by atoms with Crippen LogP contribution in [0.1, 0.15) is 47.2 Å². The molecule has 0 saturated heterocycles. The Labute approximate surface area is 219 Å². The molecule has 1 aliphatic carbocycles. The van der Waals surface area contributed by atoms with Crippen LogP contribution in [0.25, 0.3) is 27.4 Å². The van der Waals surface area contributed by atoms with E-state index in [-0.39, 0.29) is 10.9 Å². The first-order valence-electron chi connectivity index (χ1n) is 11.5. The van der Waals surface area contributed by atoms with Gasteiger partial charge in [0.15, 0.2) is 0 Å². The van der Waals surface area contributed by atoms with E-state index in [2.05, 4.69) is 9.97 Å². The fourth-order valence-corrected chi connectivity index (χ4v) is 5.35. The average Bonchev–Trinajstić information content (AvgIpc) is 3.29. The molecule has 4 aromatic rings. The zero-order valence-corrected chi connectivity index (χ0v) is 20.9. The van der Waals surface area contributed by atoms with Gasteiger partial charge in [-0.2, -0.15) is 13.2 Å². The maximum Gasteiger partial charge on any atom is 0.417 e. The lowest BCUT2D eigenvalue weighted by Gasteiger charge is -2.31. The predicted molar refractivity (Wildman–Crippen MR) is 140 cm³/mol. The van der Waals surface area contributed by atoms with Gasteiger partial charge < -0.3 is 5.11 Å². The summed E-state index contributed by atoms with van der Waals surface area (Å²) >= 11 is 8.00. The van der Waals surface area contributed by atoms with Gasteiger partial charge >= 0.3 is 12.1 Å². The van der Waals surface area contributed by atoms with Crippen LogP contribution in [0.5, 0.6) is 0 Å². The monoisotopic (exact) mass is 540 g/mol. The second-order valence-electron chi connectivity index (χ2n) is 8.80. The van der Waals surface area contributed by atoms with Crippen molar-refractivity contribution in [1.29, 1.82) is 0 Å². The average molecular weight is 541 g/mol. The largest absolute Gasteiger partial charge is 0.478 e. The Hall–Kier alpha value is -3.49. The lowest BCUT2D eigenvalue weighted by Crippen LogP contribution is -2.17. The molecule has 2 aromatic carbocycles. The minimum absolute atomic E-state index is 0.0510. The first-order valence-corrected chi connectivity index (χ1v) is 12.8. The number of nitrogens with zero attached hydrogens (tertiary/aromatic N) is 2. The lowest BCUT2D eigenvalue weighted by molar-refractivity contribution is -0.138. The Kier molecular flexibility index (Phi) is 6.88. The van der Waals surface area contributed by atoms with Gasteiger partial charge in [0.25, 0.3) is 0 Å². The van der Waals surface area contributed by atoms with Crippen molar-refractivity contribution in [2.24, 2.45) is 5.92 Å². The molecule has 1 fully saturated rings. The number of benzene rings is 2. The van der Waals surface area contributed by atoms with Gasteiger partial charge in [-0.05, 0) is 70.9 Å². The van der Waals surface area contributed by atoms with Crippen LogP contribution in [0.15, 0.2) is 66.3 Å². The van der Waals surface area contributed by atoms with Gasteiger partial charge in [0.05, 0.1) is 32.0 Å². The van der Waals surface area contributed by atoms with Gasteiger partial charge in [0, 0.05) is 12.3 Å². The number of halogens is 4. The summed E-state index contributed by atoms with van der Waals surface area (Å²) in [6.45, 7) is 0. The summed E-state index contributed by atoms with van der Waals surface area (Å²) in [6.07, 6.45) is 1.59. The van der Waals surface area contributed by atoms with Crippen LogP contribution >= 0.6 is 22.9 Å². The maximum absolute atomic E-state index is 13.3. The third-order valence-electron chi connectivity index (χ3n) is 6.44. The molecule has 0 atom stereocenters. The lowest BCUT2D eigenvalue weighted by atomic mass is 9.74. The second kappa shape index (κ2) is 10.1. The fraction of sp³-hybridized carbons (Fsp3) is 0.179. The Morgan fingerprint density at radius 1 is 1.05 bits per heavy atom. The smallest absolute Gasteiger partial charge is 0.417 e. The number of aliphatic carboxylic acids is 1. The normalized spacial score (nSPS) is 15.1. The summed E-state index contributed by atoms with van der Waals surface area (Å²) < 4.78 is 41.0. The van der Waals surface area contributed by atoms with Crippen molar-refractivity contribution in [1.82, 2.24) is 9.97 Å². The van der Waals surface area contributed by atoms with E-state index < -0.39 is 17.7 Å². The fourth-order valence-electron chi connectivity index (χ4n) is 4.42. The number of carboxylic acid groups (broad SMARTS) is 1. The summed E-state index contributed by atoms with van der Waals surface area (Å²) in [5.41, 5.74) is 6.03. The highest BCUT2D eigenvalue weighted by atomic mass is 35.5. The molecule has 4 nitrogen and oxygen atoms in total. The second-order valence-corrected chi connectivity index (χ2v) is 10.1. The van der Waals surface area contributed by atoms with Gasteiger partial charge in [-0.25, -0.2) is 9.78 Å². The van der Waals surface area contributed by atoms with Crippen molar-refractivity contribution in [3.8, 4) is 0 Å². The maximum atomic E-state index is 13.3. The van der Waals surface area contributed by atoms with E-state index in [1.165, 1.54) is 17.4 Å². The molecule has 0 aliphatic heterocycles. The summed E-state index contributed by atoms with van der Waals surface area (Å²) in [5, 5.41) is 8.88. The van der Waals surface area contributed by atoms with Gasteiger partial charge in [0.1, 0.15) is 0 Å². The first kappa shape index (κ1) is 25.2. The van der Waals surface area contributed by atoms with Crippen molar-refractivity contribution >= 4 is 56.3 Å². The molecule has 1 saturated carbocycles. The first-order chi connectivity index (χ1) is 17.7. The minimum atomic E-state index is -4.55.